The van der Waals surface area contributed by atoms with Gasteiger partial charge in [0.05, 0.1) is 19.1 Å². The number of hydrogen-bond donors (Lipinski definition) is 2. The number of amides is 2. The van der Waals surface area contributed by atoms with Crippen molar-refractivity contribution in [3.63, 3.8) is 0 Å². The van der Waals surface area contributed by atoms with Crippen LogP contribution in [0.2, 0.25) is 0 Å². The molecule has 1 heterocycles. The fourth-order valence-electron chi connectivity index (χ4n) is 2.44. The van der Waals surface area contributed by atoms with E-state index in [0.29, 0.717) is 16.4 Å². The average molecular weight is 416 g/mol. The lowest BCUT2D eigenvalue weighted by Gasteiger charge is -2.15. The molecule has 2 N–H and O–H groups in total. The highest BCUT2D eigenvalue weighted by atomic mass is 32.2. The van der Waals surface area contributed by atoms with Gasteiger partial charge < -0.3 is 14.6 Å². The third-order valence-corrected chi connectivity index (χ3v) is 5.14. The molecule has 28 heavy (non-hydrogen) atoms. The summed E-state index contributed by atoms with van der Waals surface area (Å²) in [5, 5.41) is 10.3. The third-order valence-electron chi connectivity index (χ3n) is 3.84. The summed E-state index contributed by atoms with van der Waals surface area (Å²) in [6.45, 7) is 0. The number of aromatic hydroxyl groups is 1. The van der Waals surface area contributed by atoms with Crippen molar-refractivity contribution in [3.8, 4) is 17.2 Å². The summed E-state index contributed by atoms with van der Waals surface area (Å²) in [7, 11) is 3.07. The lowest BCUT2D eigenvalue weighted by atomic mass is 10.2. The van der Waals surface area contributed by atoms with E-state index in [1.54, 1.807) is 31.4 Å². The fraction of sp³-hybridized carbons (Fsp3) is 0.105. The lowest BCUT2D eigenvalue weighted by molar-refractivity contribution is -0.123. The largest absolute Gasteiger partial charge is 0.508 e. The maximum Gasteiger partial charge on any atom is 0.285 e. The molecule has 0 aromatic heterocycles. The van der Waals surface area contributed by atoms with Crippen LogP contribution in [0.4, 0.5) is 0 Å². The zero-order chi connectivity index (χ0) is 20.3. The zero-order valence-corrected chi connectivity index (χ0v) is 16.6. The lowest BCUT2D eigenvalue weighted by Crippen LogP contribution is -2.44. The number of hydrogen-bond acceptors (Lipinski definition) is 7. The van der Waals surface area contributed by atoms with Crippen LogP contribution in [-0.2, 0) is 4.79 Å². The highest BCUT2D eigenvalue weighted by molar-refractivity contribution is 8.26. The number of thiocarbonyl (C=S) groups is 1. The number of hydrazine groups is 1. The molecule has 2 amide bonds. The zero-order valence-electron chi connectivity index (χ0n) is 15.0. The molecule has 9 heteroatoms. The van der Waals surface area contributed by atoms with Gasteiger partial charge in [0.15, 0.2) is 15.8 Å². The van der Waals surface area contributed by atoms with Crippen molar-refractivity contribution in [2.24, 2.45) is 0 Å². The first-order valence-electron chi connectivity index (χ1n) is 8.03. The summed E-state index contributed by atoms with van der Waals surface area (Å²) >= 11 is 6.30. The quantitative estimate of drug-likeness (QED) is 0.572. The second-order valence-electron chi connectivity index (χ2n) is 5.62. The van der Waals surface area contributed by atoms with Crippen LogP contribution >= 0.6 is 24.0 Å². The normalized spacial score (nSPS) is 15.1. The van der Waals surface area contributed by atoms with Crippen molar-refractivity contribution < 1.29 is 24.2 Å². The van der Waals surface area contributed by atoms with Crippen LogP contribution in [-0.4, -0.2) is 40.5 Å². The van der Waals surface area contributed by atoms with Crippen molar-refractivity contribution in [1.29, 1.82) is 0 Å². The molecule has 0 aliphatic carbocycles. The van der Waals surface area contributed by atoms with Gasteiger partial charge in [0.25, 0.3) is 11.8 Å². The van der Waals surface area contributed by atoms with Crippen molar-refractivity contribution in [2.45, 2.75) is 0 Å². The van der Waals surface area contributed by atoms with Crippen molar-refractivity contribution in [1.82, 2.24) is 10.4 Å². The molecule has 2 aromatic carbocycles. The first kappa shape index (κ1) is 19.7. The fourth-order valence-corrected chi connectivity index (χ4v) is 3.62. The first-order chi connectivity index (χ1) is 13.4. The van der Waals surface area contributed by atoms with Crippen LogP contribution in [0.5, 0.6) is 17.2 Å². The summed E-state index contributed by atoms with van der Waals surface area (Å²) < 4.78 is 10.7. The number of phenols is 1. The molecule has 0 atom stereocenters. The molecule has 1 fully saturated rings. The number of nitrogens with one attached hydrogen (secondary N) is 1. The van der Waals surface area contributed by atoms with E-state index in [1.807, 2.05) is 0 Å². The number of rotatable bonds is 5. The van der Waals surface area contributed by atoms with E-state index in [2.05, 4.69) is 5.43 Å². The molecule has 1 saturated heterocycles. The van der Waals surface area contributed by atoms with Gasteiger partial charge in [-0.3, -0.25) is 15.0 Å². The molecule has 1 aliphatic heterocycles. The summed E-state index contributed by atoms with van der Waals surface area (Å²) in [6.07, 6.45) is 1.66. The minimum Gasteiger partial charge on any atom is -0.508 e. The molecule has 1 aliphatic rings. The van der Waals surface area contributed by atoms with Gasteiger partial charge >= 0.3 is 0 Å². The van der Waals surface area contributed by atoms with Gasteiger partial charge in [0, 0.05) is 5.56 Å². The molecule has 0 spiro atoms. The van der Waals surface area contributed by atoms with Gasteiger partial charge in [-0.2, -0.15) is 5.01 Å². The molecule has 0 unspecified atom stereocenters. The highest BCUT2D eigenvalue weighted by Gasteiger charge is 2.33. The average Bonchev–Trinajstić information content (AvgIpc) is 2.95. The number of carbonyl (C=O) groups excluding carboxylic acids is 2. The monoisotopic (exact) mass is 416 g/mol. The third kappa shape index (κ3) is 4.10. The summed E-state index contributed by atoms with van der Waals surface area (Å²) in [6, 6.07) is 10.9. The van der Waals surface area contributed by atoms with E-state index in [4.69, 9.17) is 21.7 Å². The van der Waals surface area contributed by atoms with Crippen LogP contribution in [0, 0.1) is 0 Å². The van der Waals surface area contributed by atoms with Gasteiger partial charge in [-0.1, -0.05) is 17.8 Å². The van der Waals surface area contributed by atoms with Crippen LogP contribution < -0.4 is 14.9 Å². The van der Waals surface area contributed by atoms with E-state index < -0.39 is 11.8 Å². The number of phenolic OH excluding ortho intramolecular Hbond substituents is 1. The molecule has 144 valence electrons. The summed E-state index contributed by atoms with van der Waals surface area (Å²) in [4.78, 5) is 25.3. The summed E-state index contributed by atoms with van der Waals surface area (Å²) in [5.41, 5.74) is 3.50. The number of ether oxygens (including phenoxy) is 2. The van der Waals surface area contributed by atoms with Gasteiger partial charge in [-0.15, -0.1) is 0 Å². The second-order valence-corrected chi connectivity index (χ2v) is 7.30. The molecular weight excluding hydrogens is 400 g/mol. The van der Waals surface area contributed by atoms with Crippen molar-refractivity contribution in [2.75, 3.05) is 14.2 Å². The minimum atomic E-state index is -0.510. The number of carbonyl (C=O) groups is 2. The van der Waals surface area contributed by atoms with Crippen molar-refractivity contribution in [3.05, 3.63) is 58.5 Å². The smallest absolute Gasteiger partial charge is 0.285 e. The highest BCUT2D eigenvalue weighted by Crippen LogP contribution is 2.34. The molecule has 2 aromatic rings. The molecule has 0 radical (unpaired) electrons. The van der Waals surface area contributed by atoms with E-state index in [0.717, 1.165) is 22.3 Å². The SMILES string of the molecule is COc1ccc(/C=C2\SC(=S)N(NC(=O)c3ccc(O)cc3)C2=O)cc1OC. The van der Waals surface area contributed by atoms with Crippen LogP contribution in [0.1, 0.15) is 15.9 Å². The minimum absolute atomic E-state index is 0.0417. The molecular formula is C19H16N2O5S2. The Morgan fingerprint density at radius 3 is 2.46 bits per heavy atom. The van der Waals surface area contributed by atoms with Gasteiger partial charge in [-0.05, 0) is 60.3 Å². The number of thioether (sulfide) groups is 1. The maximum atomic E-state index is 12.7. The topological polar surface area (TPSA) is 88.1 Å². The standard InChI is InChI=1S/C19H16N2O5S2/c1-25-14-8-3-11(9-15(14)26-2)10-16-18(24)21(19(27)28-16)20-17(23)12-4-6-13(22)7-5-12/h3-10,22H,1-2H3,(H,20,23)/b16-10-. The van der Waals surface area contributed by atoms with Crippen LogP contribution in [0.3, 0.4) is 0 Å². The Labute approximate surface area is 170 Å². The number of methoxy groups -OCH3 is 2. The maximum absolute atomic E-state index is 12.7. The predicted molar refractivity (Wildman–Crippen MR) is 110 cm³/mol. The van der Waals surface area contributed by atoms with E-state index in [-0.39, 0.29) is 15.6 Å². The molecule has 7 nitrogen and oxygen atoms in total. The number of benzene rings is 2. The van der Waals surface area contributed by atoms with E-state index in [1.165, 1.54) is 31.4 Å². The Bertz CT molecular complexity index is 973. The molecule has 0 bridgehead atoms. The van der Waals surface area contributed by atoms with Crippen LogP contribution in [0.15, 0.2) is 47.4 Å². The Balaban J connectivity index is 1.78. The van der Waals surface area contributed by atoms with Crippen LogP contribution in [0.25, 0.3) is 6.08 Å². The Morgan fingerprint density at radius 1 is 1.14 bits per heavy atom. The van der Waals surface area contributed by atoms with E-state index >= 15 is 0 Å². The Hall–Kier alpha value is -3.04. The number of nitrogens with zero attached hydrogens (tertiary/aromatic N) is 1. The van der Waals surface area contributed by atoms with Gasteiger partial charge in [0.2, 0.25) is 0 Å². The molecule has 3 rings (SSSR count). The first-order valence-corrected chi connectivity index (χ1v) is 9.25. The summed E-state index contributed by atoms with van der Waals surface area (Å²) in [5.74, 6) is 0.210. The van der Waals surface area contributed by atoms with Crippen molar-refractivity contribution >= 4 is 46.2 Å². The predicted octanol–water partition coefficient (Wildman–Crippen LogP) is 2.96. The molecule has 0 saturated carbocycles. The Kier molecular flexibility index (Phi) is 5.86. The van der Waals surface area contributed by atoms with Gasteiger partial charge in [0.1, 0.15) is 5.75 Å². The Morgan fingerprint density at radius 2 is 1.82 bits per heavy atom. The van der Waals surface area contributed by atoms with Gasteiger partial charge in [-0.25, -0.2) is 0 Å². The second kappa shape index (κ2) is 8.32. The van der Waals surface area contributed by atoms with E-state index in [9.17, 15) is 14.7 Å².